The smallest absolute Gasteiger partial charge is 0.245 e. The van der Waals surface area contributed by atoms with Crippen molar-refractivity contribution in [3.8, 4) is 5.75 Å². The van der Waals surface area contributed by atoms with Gasteiger partial charge in [0.2, 0.25) is 5.91 Å². The van der Waals surface area contributed by atoms with E-state index in [0.717, 1.165) is 29.8 Å². The number of fused-ring (bicyclic) bond motifs is 1. The van der Waals surface area contributed by atoms with Crippen molar-refractivity contribution in [3.63, 3.8) is 0 Å². The molecule has 4 heteroatoms. The van der Waals surface area contributed by atoms with E-state index >= 15 is 0 Å². The Kier molecular flexibility index (Phi) is 3.66. The van der Waals surface area contributed by atoms with Gasteiger partial charge in [-0.3, -0.25) is 4.79 Å². The lowest BCUT2D eigenvalue weighted by Crippen LogP contribution is -2.29. The number of carbonyl (C=O) groups is 1. The van der Waals surface area contributed by atoms with Crippen molar-refractivity contribution in [1.29, 1.82) is 0 Å². The van der Waals surface area contributed by atoms with Crippen LogP contribution in [0.15, 0.2) is 18.2 Å². The number of hydrogen-bond acceptors (Lipinski definition) is 3. The lowest BCUT2D eigenvalue weighted by Gasteiger charge is -2.31. The van der Waals surface area contributed by atoms with Gasteiger partial charge in [-0.2, -0.15) is 0 Å². The first-order valence-electron chi connectivity index (χ1n) is 7.56. The van der Waals surface area contributed by atoms with Crippen molar-refractivity contribution in [1.82, 2.24) is 0 Å². The van der Waals surface area contributed by atoms with Gasteiger partial charge < -0.3 is 15.8 Å². The molecule has 1 saturated carbocycles. The predicted molar refractivity (Wildman–Crippen MR) is 78.7 cm³/mol. The van der Waals surface area contributed by atoms with E-state index in [1.54, 1.807) is 0 Å². The Balaban J connectivity index is 1.75. The molecule has 0 bridgehead atoms. The minimum Gasteiger partial charge on any atom is -0.490 e. The molecule has 20 heavy (non-hydrogen) atoms. The van der Waals surface area contributed by atoms with E-state index < -0.39 is 6.04 Å². The highest BCUT2D eigenvalue weighted by molar-refractivity contribution is 6.02. The van der Waals surface area contributed by atoms with E-state index in [-0.39, 0.29) is 5.91 Å². The third kappa shape index (κ3) is 2.40. The first-order chi connectivity index (χ1) is 9.69. The first kappa shape index (κ1) is 13.4. The molecule has 1 aromatic rings. The zero-order valence-electron chi connectivity index (χ0n) is 11.9. The Morgan fingerprint density at radius 1 is 1.35 bits per heavy atom. The third-order valence-electron chi connectivity index (χ3n) is 4.55. The maximum atomic E-state index is 11.6. The van der Waals surface area contributed by atoms with E-state index in [1.807, 2.05) is 18.2 Å². The highest BCUT2D eigenvalue weighted by atomic mass is 16.5. The largest absolute Gasteiger partial charge is 0.490 e. The Bertz CT molecular complexity index is 515. The normalized spacial score (nSPS) is 28.9. The van der Waals surface area contributed by atoms with Crippen LogP contribution < -0.4 is 15.8 Å². The van der Waals surface area contributed by atoms with Crippen LogP contribution in [0.25, 0.3) is 0 Å². The molecule has 3 unspecified atom stereocenters. The molecule has 3 N–H and O–H groups in total. The number of hydrogen-bond donors (Lipinski definition) is 2. The van der Waals surface area contributed by atoms with Gasteiger partial charge in [0, 0.05) is 17.3 Å². The molecule has 0 radical (unpaired) electrons. The molecule has 1 fully saturated rings. The first-order valence-corrected chi connectivity index (χ1v) is 7.56. The van der Waals surface area contributed by atoms with E-state index in [2.05, 4.69) is 12.2 Å². The molecule has 108 valence electrons. The van der Waals surface area contributed by atoms with E-state index in [0.29, 0.717) is 12.0 Å². The van der Waals surface area contributed by atoms with Gasteiger partial charge in [-0.05, 0) is 37.7 Å². The topological polar surface area (TPSA) is 64.3 Å². The average molecular weight is 274 g/mol. The molecule has 3 atom stereocenters. The molecule has 0 spiro atoms. The second-order valence-corrected chi connectivity index (χ2v) is 5.83. The number of benzene rings is 1. The van der Waals surface area contributed by atoms with Gasteiger partial charge in [-0.15, -0.1) is 0 Å². The Labute approximate surface area is 119 Å². The number of anilines is 1. The van der Waals surface area contributed by atoms with Crippen LogP contribution in [0.5, 0.6) is 5.75 Å². The van der Waals surface area contributed by atoms with Crippen molar-refractivity contribution in [2.45, 2.75) is 51.2 Å². The Morgan fingerprint density at radius 2 is 2.15 bits per heavy atom. The van der Waals surface area contributed by atoms with Gasteiger partial charge in [-0.25, -0.2) is 0 Å². The molecule has 1 heterocycles. The van der Waals surface area contributed by atoms with Crippen LogP contribution in [0.2, 0.25) is 0 Å². The molecule has 2 aliphatic rings. The van der Waals surface area contributed by atoms with E-state index in [9.17, 15) is 4.79 Å². The summed E-state index contributed by atoms with van der Waals surface area (Å²) < 4.78 is 6.16. The predicted octanol–water partition coefficient (Wildman–Crippen LogP) is 2.99. The molecule has 0 aromatic heterocycles. The lowest BCUT2D eigenvalue weighted by molar-refractivity contribution is -0.116. The highest BCUT2D eigenvalue weighted by Crippen LogP contribution is 2.35. The molecule has 0 saturated heterocycles. The molecule has 1 aliphatic carbocycles. The quantitative estimate of drug-likeness (QED) is 0.890. The summed E-state index contributed by atoms with van der Waals surface area (Å²) in [5.41, 5.74) is 7.47. The summed E-state index contributed by atoms with van der Waals surface area (Å²) in [6, 6.07) is 5.19. The zero-order chi connectivity index (χ0) is 14.1. The minimum atomic E-state index is -0.544. The van der Waals surface area contributed by atoms with Gasteiger partial charge in [0.05, 0.1) is 0 Å². The standard InChI is InChI=1S/C16H22N2O2/c1-2-10-5-3-4-6-14(10)20-11-7-8-12-13(9-11)18-16(19)15(12)17/h7-10,14-15H,2-6,17H2,1H3,(H,18,19). The fourth-order valence-corrected chi connectivity index (χ4v) is 3.31. The number of nitrogens with two attached hydrogens (primary N) is 1. The average Bonchev–Trinajstić information content (AvgIpc) is 2.74. The van der Waals surface area contributed by atoms with Crippen LogP contribution in [0, 0.1) is 5.92 Å². The van der Waals surface area contributed by atoms with Gasteiger partial charge in [0.25, 0.3) is 0 Å². The van der Waals surface area contributed by atoms with Crippen molar-refractivity contribution in [2.75, 3.05) is 5.32 Å². The number of ether oxygens (including phenoxy) is 1. The number of nitrogens with one attached hydrogen (secondary N) is 1. The number of amides is 1. The van der Waals surface area contributed by atoms with Crippen molar-refractivity contribution >= 4 is 11.6 Å². The SMILES string of the molecule is CCC1CCCCC1Oc1ccc2c(c1)NC(=O)C2N. The third-order valence-corrected chi connectivity index (χ3v) is 4.55. The van der Waals surface area contributed by atoms with Crippen LogP contribution in [0.3, 0.4) is 0 Å². The van der Waals surface area contributed by atoms with Crippen LogP contribution >= 0.6 is 0 Å². The number of carbonyl (C=O) groups excluding carboxylic acids is 1. The van der Waals surface area contributed by atoms with Crippen LogP contribution in [-0.4, -0.2) is 12.0 Å². The monoisotopic (exact) mass is 274 g/mol. The van der Waals surface area contributed by atoms with Crippen LogP contribution in [0.1, 0.15) is 50.6 Å². The summed E-state index contributed by atoms with van der Waals surface area (Å²) in [7, 11) is 0. The summed E-state index contributed by atoms with van der Waals surface area (Å²) in [5, 5.41) is 2.81. The molecule has 1 amide bonds. The molecule has 1 aliphatic heterocycles. The molecule has 1 aromatic carbocycles. The highest BCUT2D eigenvalue weighted by Gasteiger charge is 2.29. The van der Waals surface area contributed by atoms with Crippen LogP contribution in [0.4, 0.5) is 5.69 Å². The number of rotatable bonds is 3. The van der Waals surface area contributed by atoms with Crippen LogP contribution in [-0.2, 0) is 4.79 Å². The summed E-state index contributed by atoms with van der Waals surface area (Å²) in [5.74, 6) is 1.35. The maximum absolute atomic E-state index is 11.6. The fraction of sp³-hybridized carbons (Fsp3) is 0.562. The lowest BCUT2D eigenvalue weighted by atomic mass is 9.85. The molecule has 4 nitrogen and oxygen atoms in total. The summed E-state index contributed by atoms with van der Waals surface area (Å²) in [4.78, 5) is 11.6. The minimum absolute atomic E-state index is 0.138. The Morgan fingerprint density at radius 3 is 2.95 bits per heavy atom. The van der Waals surface area contributed by atoms with Crippen molar-refractivity contribution in [3.05, 3.63) is 23.8 Å². The Hall–Kier alpha value is -1.55. The fourth-order valence-electron chi connectivity index (χ4n) is 3.31. The van der Waals surface area contributed by atoms with E-state index in [1.165, 1.54) is 19.3 Å². The van der Waals surface area contributed by atoms with Gasteiger partial charge in [-0.1, -0.05) is 19.4 Å². The van der Waals surface area contributed by atoms with Crippen molar-refractivity contribution in [2.24, 2.45) is 11.7 Å². The summed E-state index contributed by atoms with van der Waals surface area (Å²) in [6.45, 7) is 2.23. The zero-order valence-corrected chi connectivity index (χ0v) is 11.9. The second-order valence-electron chi connectivity index (χ2n) is 5.83. The van der Waals surface area contributed by atoms with Crippen molar-refractivity contribution < 1.29 is 9.53 Å². The molecular formula is C16H22N2O2. The summed E-state index contributed by atoms with van der Waals surface area (Å²) >= 11 is 0. The van der Waals surface area contributed by atoms with E-state index in [4.69, 9.17) is 10.5 Å². The molecule has 3 rings (SSSR count). The summed E-state index contributed by atoms with van der Waals surface area (Å²) in [6.07, 6.45) is 6.41. The second kappa shape index (κ2) is 5.44. The maximum Gasteiger partial charge on any atom is 0.245 e. The van der Waals surface area contributed by atoms with Gasteiger partial charge in [0.1, 0.15) is 17.9 Å². The molecular weight excluding hydrogens is 252 g/mol. The van der Waals surface area contributed by atoms with Gasteiger partial charge >= 0.3 is 0 Å². The van der Waals surface area contributed by atoms with Gasteiger partial charge in [0.15, 0.2) is 0 Å².